The van der Waals surface area contributed by atoms with E-state index in [9.17, 15) is 8.42 Å². The quantitative estimate of drug-likeness (QED) is 0.718. The largest absolute Gasteiger partial charge is 0.441 e. The van der Waals surface area contributed by atoms with Gasteiger partial charge in [-0.25, -0.2) is 13.4 Å². The fourth-order valence-corrected chi connectivity index (χ4v) is 5.07. The highest BCUT2D eigenvalue weighted by Gasteiger charge is 2.32. The molecule has 0 unspecified atom stereocenters. The average molecular weight is 381 g/mol. The molecule has 1 aromatic carbocycles. The number of benzene rings is 1. The minimum atomic E-state index is -2.94. The van der Waals surface area contributed by atoms with Gasteiger partial charge in [0, 0.05) is 19.1 Å². The predicted octanol–water partition coefficient (Wildman–Crippen LogP) is 3.48. The van der Waals surface area contributed by atoms with Gasteiger partial charge in [0.15, 0.2) is 9.84 Å². The van der Waals surface area contributed by atoms with Crippen molar-refractivity contribution >= 4 is 21.4 Å². The van der Waals surface area contributed by atoms with Crippen LogP contribution in [0.15, 0.2) is 41.3 Å². The van der Waals surface area contributed by atoms with Gasteiger partial charge in [-0.05, 0) is 25.5 Å². The second-order valence-corrected chi connectivity index (χ2v) is 8.91. The average Bonchev–Trinajstić information content (AvgIpc) is 3.10. The smallest absolute Gasteiger partial charge is 0.228 e. The van der Waals surface area contributed by atoms with Gasteiger partial charge in [0.05, 0.1) is 27.8 Å². The zero-order valence-corrected chi connectivity index (χ0v) is 15.7. The number of hydrogen-bond acceptors (Lipinski definition) is 5. The molecule has 0 radical (unpaired) electrons. The first-order valence-corrected chi connectivity index (χ1v) is 10.4. The van der Waals surface area contributed by atoms with Gasteiger partial charge < -0.3 is 4.42 Å². The molecule has 0 saturated carbocycles. The van der Waals surface area contributed by atoms with E-state index >= 15 is 0 Å². The summed E-state index contributed by atoms with van der Waals surface area (Å²) < 4.78 is 29.4. The van der Waals surface area contributed by atoms with Crippen LogP contribution >= 0.6 is 11.6 Å². The maximum absolute atomic E-state index is 11.8. The van der Waals surface area contributed by atoms with Crippen LogP contribution in [0, 0.1) is 6.92 Å². The lowest BCUT2D eigenvalue weighted by Gasteiger charge is -2.25. The van der Waals surface area contributed by atoms with Gasteiger partial charge in [-0.3, -0.25) is 4.90 Å². The van der Waals surface area contributed by atoms with Gasteiger partial charge in [-0.1, -0.05) is 29.8 Å². The molecule has 2 heterocycles. The fourth-order valence-electron chi connectivity index (χ4n) is 3.09. The fraction of sp³-hybridized carbons (Fsp3) is 0.389. The summed E-state index contributed by atoms with van der Waals surface area (Å²) in [6, 6.07) is 7.39. The minimum Gasteiger partial charge on any atom is -0.441 e. The third kappa shape index (κ3) is 4.14. The Balaban J connectivity index is 1.83. The summed E-state index contributed by atoms with van der Waals surface area (Å²) in [7, 11) is -2.94. The summed E-state index contributed by atoms with van der Waals surface area (Å²) in [6.07, 6.45) is 2.43. The highest BCUT2D eigenvalue weighted by molar-refractivity contribution is 7.91. The van der Waals surface area contributed by atoms with Crippen molar-refractivity contribution in [2.24, 2.45) is 0 Å². The highest BCUT2D eigenvalue weighted by atomic mass is 35.5. The van der Waals surface area contributed by atoms with Crippen molar-refractivity contribution in [3.8, 4) is 11.5 Å². The molecule has 1 atom stereocenters. The summed E-state index contributed by atoms with van der Waals surface area (Å²) >= 11 is 6.22. The topological polar surface area (TPSA) is 63.4 Å². The van der Waals surface area contributed by atoms with E-state index in [1.165, 1.54) is 0 Å². The van der Waals surface area contributed by atoms with E-state index in [4.69, 9.17) is 16.0 Å². The van der Waals surface area contributed by atoms with Crippen LogP contribution in [0.25, 0.3) is 11.5 Å². The van der Waals surface area contributed by atoms with Crippen molar-refractivity contribution in [2.45, 2.75) is 25.9 Å². The summed E-state index contributed by atoms with van der Waals surface area (Å²) in [5.74, 6) is 1.63. The Morgan fingerprint density at radius 1 is 1.44 bits per heavy atom. The van der Waals surface area contributed by atoms with E-state index in [1.807, 2.05) is 25.1 Å². The number of sulfone groups is 1. The van der Waals surface area contributed by atoms with Gasteiger partial charge in [-0.15, -0.1) is 6.58 Å². The van der Waals surface area contributed by atoms with E-state index in [-0.39, 0.29) is 17.5 Å². The van der Waals surface area contributed by atoms with Crippen molar-refractivity contribution in [2.75, 3.05) is 18.1 Å². The summed E-state index contributed by atoms with van der Waals surface area (Å²) in [4.78, 5) is 6.69. The number of hydrogen-bond donors (Lipinski definition) is 0. The Morgan fingerprint density at radius 3 is 2.84 bits per heavy atom. The molecule has 2 aromatic rings. The molecule has 1 aliphatic heterocycles. The van der Waals surface area contributed by atoms with Crippen LogP contribution in [0.1, 0.15) is 17.9 Å². The van der Waals surface area contributed by atoms with Crippen LogP contribution in [0.5, 0.6) is 0 Å². The maximum Gasteiger partial charge on any atom is 0.228 e. The lowest BCUT2D eigenvalue weighted by molar-refractivity contribution is 0.223. The molecule has 1 saturated heterocycles. The molecule has 1 aliphatic rings. The van der Waals surface area contributed by atoms with Crippen LogP contribution < -0.4 is 0 Å². The van der Waals surface area contributed by atoms with Crippen LogP contribution in [-0.4, -0.2) is 42.4 Å². The molecule has 3 rings (SSSR count). The van der Waals surface area contributed by atoms with Gasteiger partial charge in [0.2, 0.25) is 5.89 Å². The Hall–Kier alpha value is -1.63. The molecule has 0 amide bonds. The Morgan fingerprint density at radius 2 is 2.20 bits per heavy atom. The van der Waals surface area contributed by atoms with Gasteiger partial charge >= 0.3 is 0 Å². The third-order valence-electron chi connectivity index (χ3n) is 4.44. The summed E-state index contributed by atoms with van der Waals surface area (Å²) in [5, 5.41) is 0.583. The number of aromatic nitrogens is 1. The second kappa shape index (κ2) is 7.32. The van der Waals surface area contributed by atoms with E-state index in [1.54, 1.807) is 12.1 Å². The van der Waals surface area contributed by atoms with Crippen molar-refractivity contribution in [1.29, 1.82) is 0 Å². The zero-order chi connectivity index (χ0) is 18.0. The first kappa shape index (κ1) is 18.2. The number of nitrogens with zero attached hydrogens (tertiary/aromatic N) is 2. The van der Waals surface area contributed by atoms with Crippen molar-refractivity contribution in [1.82, 2.24) is 9.88 Å². The monoisotopic (exact) mass is 380 g/mol. The van der Waals surface area contributed by atoms with Gasteiger partial charge in [-0.2, -0.15) is 0 Å². The number of oxazole rings is 1. The standard InChI is InChI=1S/C18H21ClN2O3S/c1-3-9-21(14-8-10-25(22,23)12-14)11-17-13(2)24-18(20-17)15-6-4-5-7-16(15)19/h3-7,14H,1,8-12H2,2H3/t14-/m0/s1. The van der Waals surface area contributed by atoms with Crippen LogP contribution in [0.3, 0.4) is 0 Å². The lowest BCUT2D eigenvalue weighted by atomic mass is 10.2. The van der Waals surface area contributed by atoms with Gasteiger partial charge in [0.1, 0.15) is 5.76 Å². The second-order valence-electron chi connectivity index (χ2n) is 6.28. The molecule has 1 aromatic heterocycles. The Bertz CT molecular complexity index is 876. The highest BCUT2D eigenvalue weighted by Crippen LogP contribution is 2.29. The minimum absolute atomic E-state index is 0.0112. The molecule has 1 fully saturated rings. The molecule has 5 nitrogen and oxygen atoms in total. The first-order valence-electron chi connectivity index (χ1n) is 8.16. The van der Waals surface area contributed by atoms with E-state index in [0.29, 0.717) is 36.2 Å². The lowest BCUT2D eigenvalue weighted by Crippen LogP contribution is -2.36. The molecular weight excluding hydrogens is 360 g/mol. The van der Waals surface area contributed by atoms with E-state index < -0.39 is 9.84 Å². The molecule has 25 heavy (non-hydrogen) atoms. The molecule has 0 aliphatic carbocycles. The van der Waals surface area contributed by atoms with Crippen molar-refractivity contribution < 1.29 is 12.8 Å². The number of halogens is 1. The normalized spacial score (nSPS) is 19.4. The predicted molar refractivity (Wildman–Crippen MR) is 99.4 cm³/mol. The molecule has 0 N–H and O–H groups in total. The molecular formula is C18H21ClN2O3S. The zero-order valence-electron chi connectivity index (χ0n) is 14.1. The number of rotatable bonds is 6. The molecule has 0 spiro atoms. The van der Waals surface area contributed by atoms with E-state index in [2.05, 4.69) is 16.5 Å². The number of aryl methyl sites for hydroxylation is 1. The van der Waals surface area contributed by atoms with Crippen LogP contribution in [0.2, 0.25) is 5.02 Å². The maximum atomic E-state index is 11.8. The summed E-state index contributed by atoms with van der Waals surface area (Å²) in [5.41, 5.74) is 1.54. The molecule has 134 valence electrons. The SMILES string of the molecule is C=CCN(Cc1nc(-c2ccccc2Cl)oc1C)[C@H]1CCS(=O)(=O)C1. The van der Waals surface area contributed by atoms with Crippen molar-refractivity contribution in [3.63, 3.8) is 0 Å². The van der Waals surface area contributed by atoms with Crippen molar-refractivity contribution in [3.05, 3.63) is 53.4 Å². The molecule has 0 bridgehead atoms. The Kier molecular flexibility index (Phi) is 5.32. The van der Waals surface area contributed by atoms with E-state index in [0.717, 1.165) is 11.3 Å². The first-order chi connectivity index (χ1) is 11.9. The third-order valence-corrected chi connectivity index (χ3v) is 6.52. The van der Waals surface area contributed by atoms with Crippen LogP contribution in [-0.2, 0) is 16.4 Å². The summed E-state index contributed by atoms with van der Waals surface area (Å²) in [6.45, 7) is 6.77. The molecule has 7 heteroatoms. The van der Waals surface area contributed by atoms with Crippen LogP contribution in [0.4, 0.5) is 0 Å². The van der Waals surface area contributed by atoms with Gasteiger partial charge in [0.25, 0.3) is 0 Å². The Labute approximate surface area is 153 Å².